The van der Waals surface area contributed by atoms with Gasteiger partial charge in [-0.05, 0) is 61.5 Å². The number of hydrogen-bond donors (Lipinski definition) is 0. The van der Waals surface area contributed by atoms with Crippen molar-refractivity contribution in [3.63, 3.8) is 0 Å². The molecule has 2 heterocycles. The van der Waals surface area contributed by atoms with Crippen molar-refractivity contribution in [1.82, 2.24) is 9.66 Å². The highest BCUT2D eigenvalue weighted by Gasteiger charge is 2.17. The second-order valence-electron chi connectivity index (χ2n) is 7.88. The van der Waals surface area contributed by atoms with Gasteiger partial charge in [0.1, 0.15) is 11.3 Å². The summed E-state index contributed by atoms with van der Waals surface area (Å²) in [4.78, 5) is 29.9. The second kappa shape index (κ2) is 10.5. The van der Waals surface area contributed by atoms with Gasteiger partial charge in [-0.1, -0.05) is 35.3 Å². The highest BCUT2D eigenvalue weighted by molar-refractivity contribution is 6.31. The Morgan fingerprint density at radius 3 is 2.70 bits per heavy atom. The highest BCUT2D eigenvalue weighted by atomic mass is 35.5. The third-order valence-electron chi connectivity index (χ3n) is 5.39. The minimum absolute atomic E-state index is 0.197. The quantitative estimate of drug-likeness (QED) is 0.189. The topological polar surface area (TPSA) is 95.9 Å². The van der Waals surface area contributed by atoms with E-state index in [2.05, 4.69) is 10.1 Å². The molecule has 8 nitrogen and oxygen atoms in total. The first-order valence-corrected chi connectivity index (χ1v) is 12.0. The fraction of sp³-hybridized carbons (Fsp3) is 0.111. The van der Waals surface area contributed by atoms with Crippen LogP contribution in [-0.4, -0.2) is 35.1 Å². The van der Waals surface area contributed by atoms with Crippen LogP contribution in [0.2, 0.25) is 10.0 Å². The average Bonchev–Trinajstić information content (AvgIpc) is 3.31. The summed E-state index contributed by atoms with van der Waals surface area (Å²) in [5.74, 6) is 0.357. The summed E-state index contributed by atoms with van der Waals surface area (Å²) in [6.07, 6.45) is 1.41. The third kappa shape index (κ3) is 5.21. The predicted octanol–water partition coefficient (Wildman–Crippen LogP) is 5.94. The maximum Gasteiger partial charge on any atom is 0.344 e. The Labute approximate surface area is 220 Å². The van der Waals surface area contributed by atoms with E-state index in [4.69, 9.17) is 37.1 Å². The lowest BCUT2D eigenvalue weighted by Crippen LogP contribution is -2.20. The molecule has 0 bridgehead atoms. The second-order valence-corrected chi connectivity index (χ2v) is 8.76. The Bertz CT molecular complexity index is 1730. The number of fused-ring (bicyclic) bond motifs is 2. The minimum atomic E-state index is -0.512. The van der Waals surface area contributed by atoms with Crippen LogP contribution in [0.3, 0.4) is 0 Å². The summed E-state index contributed by atoms with van der Waals surface area (Å²) in [7, 11) is 0. The van der Waals surface area contributed by atoms with Gasteiger partial charge in [0.25, 0.3) is 5.56 Å². The first-order valence-electron chi connectivity index (χ1n) is 11.3. The smallest absolute Gasteiger partial charge is 0.344 e. The Morgan fingerprint density at radius 1 is 1.08 bits per heavy atom. The fourth-order valence-corrected chi connectivity index (χ4v) is 4.09. The van der Waals surface area contributed by atoms with Crippen molar-refractivity contribution >= 4 is 57.3 Å². The monoisotopic (exact) mass is 535 g/mol. The predicted molar refractivity (Wildman–Crippen MR) is 143 cm³/mol. The number of para-hydroxylation sites is 1. The summed E-state index contributed by atoms with van der Waals surface area (Å²) < 4.78 is 17.7. The maximum atomic E-state index is 13.5. The molecule has 0 aliphatic carbocycles. The summed E-state index contributed by atoms with van der Waals surface area (Å²) in [5.41, 5.74) is 1.13. The zero-order chi connectivity index (χ0) is 25.9. The van der Waals surface area contributed by atoms with Crippen molar-refractivity contribution in [2.45, 2.75) is 6.92 Å². The Hall–Kier alpha value is -4.14. The van der Waals surface area contributed by atoms with E-state index in [1.165, 1.54) is 6.21 Å². The number of hydrogen-bond acceptors (Lipinski definition) is 7. The Balaban J connectivity index is 1.62. The van der Waals surface area contributed by atoms with Gasteiger partial charge >= 0.3 is 5.97 Å². The molecule has 0 aliphatic rings. The zero-order valence-electron chi connectivity index (χ0n) is 19.5. The van der Waals surface area contributed by atoms with Crippen molar-refractivity contribution in [3.8, 4) is 17.3 Å². The lowest BCUT2D eigenvalue weighted by molar-refractivity contribution is -0.145. The summed E-state index contributed by atoms with van der Waals surface area (Å²) >= 11 is 12.3. The third-order valence-corrected chi connectivity index (χ3v) is 5.86. The number of ether oxygens (including phenoxy) is 2. The van der Waals surface area contributed by atoms with Crippen LogP contribution in [0.1, 0.15) is 12.5 Å². The summed E-state index contributed by atoms with van der Waals surface area (Å²) in [6.45, 7) is 1.66. The van der Waals surface area contributed by atoms with Crippen molar-refractivity contribution in [3.05, 3.63) is 92.7 Å². The molecule has 0 N–H and O–H groups in total. The largest absolute Gasteiger partial charge is 0.481 e. The molecule has 0 amide bonds. The number of halogens is 2. The van der Waals surface area contributed by atoms with E-state index in [9.17, 15) is 9.59 Å². The molecule has 0 saturated carbocycles. The minimum Gasteiger partial charge on any atom is -0.481 e. The van der Waals surface area contributed by atoms with Crippen LogP contribution in [0.25, 0.3) is 33.5 Å². The molecule has 10 heteroatoms. The molecular formula is C27H19Cl2N3O5. The molecule has 5 aromatic rings. The number of nitrogens with zero attached hydrogens (tertiary/aromatic N) is 3. The SMILES string of the molecule is CCOC(=O)COc1ccc(Cl)cc1C=Nn1c(-c2cc3cc(Cl)ccc3o2)nc2ccccc2c1=O. The summed E-state index contributed by atoms with van der Waals surface area (Å²) in [5, 5.41) is 6.54. The number of benzene rings is 3. The van der Waals surface area contributed by atoms with Gasteiger partial charge in [0, 0.05) is 21.0 Å². The number of carbonyl (C=O) groups is 1. The molecule has 0 saturated heterocycles. The standard InChI is InChI=1S/C27H19Cl2N3O5/c1-2-35-25(33)15-36-22-9-7-19(29)12-17(22)14-30-32-26(31-21-6-4-3-5-20(21)27(32)34)24-13-16-11-18(28)8-10-23(16)37-24/h3-14H,2,15H2,1H3. The van der Waals surface area contributed by atoms with Gasteiger partial charge in [-0.2, -0.15) is 9.78 Å². The van der Waals surface area contributed by atoms with Crippen LogP contribution >= 0.6 is 23.2 Å². The maximum absolute atomic E-state index is 13.5. The van der Waals surface area contributed by atoms with Gasteiger partial charge in [-0.25, -0.2) is 9.78 Å². The number of esters is 1. The molecule has 0 radical (unpaired) electrons. The van der Waals surface area contributed by atoms with Gasteiger partial charge in [0.2, 0.25) is 5.82 Å². The van der Waals surface area contributed by atoms with E-state index in [1.807, 2.05) is 0 Å². The summed E-state index contributed by atoms with van der Waals surface area (Å²) in [6, 6.07) is 18.8. The molecule has 0 aliphatic heterocycles. The van der Waals surface area contributed by atoms with E-state index in [-0.39, 0.29) is 19.0 Å². The molecule has 0 fully saturated rings. The molecule has 0 atom stereocenters. The molecule has 37 heavy (non-hydrogen) atoms. The van der Waals surface area contributed by atoms with Crippen LogP contribution in [0.4, 0.5) is 0 Å². The van der Waals surface area contributed by atoms with Crippen molar-refractivity contribution in [2.24, 2.45) is 5.10 Å². The van der Waals surface area contributed by atoms with Crippen LogP contribution in [0, 0.1) is 0 Å². The van der Waals surface area contributed by atoms with E-state index in [0.29, 0.717) is 43.6 Å². The molecule has 3 aromatic carbocycles. The number of furan rings is 1. The number of rotatable bonds is 7. The van der Waals surface area contributed by atoms with Gasteiger partial charge in [-0.3, -0.25) is 4.79 Å². The molecule has 0 unspecified atom stereocenters. The van der Waals surface area contributed by atoms with Crippen LogP contribution in [-0.2, 0) is 9.53 Å². The van der Waals surface area contributed by atoms with Gasteiger partial charge < -0.3 is 13.9 Å². The number of carbonyl (C=O) groups excluding carboxylic acids is 1. The van der Waals surface area contributed by atoms with Gasteiger partial charge in [-0.15, -0.1) is 0 Å². The lowest BCUT2D eigenvalue weighted by Gasteiger charge is -2.10. The van der Waals surface area contributed by atoms with Gasteiger partial charge in [0.15, 0.2) is 12.4 Å². The zero-order valence-corrected chi connectivity index (χ0v) is 21.0. The van der Waals surface area contributed by atoms with Crippen LogP contribution < -0.4 is 10.3 Å². The normalized spacial score (nSPS) is 11.4. The van der Waals surface area contributed by atoms with E-state index >= 15 is 0 Å². The van der Waals surface area contributed by atoms with Crippen molar-refractivity contribution < 1.29 is 18.7 Å². The van der Waals surface area contributed by atoms with Crippen LogP contribution in [0.15, 0.2) is 81.0 Å². The molecule has 0 spiro atoms. The number of aromatic nitrogens is 2. The van der Waals surface area contributed by atoms with E-state index in [0.717, 1.165) is 10.1 Å². The molecular weight excluding hydrogens is 517 g/mol. The van der Waals surface area contributed by atoms with Gasteiger partial charge in [0.05, 0.1) is 23.7 Å². The van der Waals surface area contributed by atoms with Crippen LogP contribution in [0.5, 0.6) is 5.75 Å². The van der Waals surface area contributed by atoms with Crippen molar-refractivity contribution in [2.75, 3.05) is 13.2 Å². The Kier molecular flexibility index (Phi) is 6.94. The first kappa shape index (κ1) is 24.5. The highest BCUT2D eigenvalue weighted by Crippen LogP contribution is 2.29. The van der Waals surface area contributed by atoms with Crippen molar-refractivity contribution in [1.29, 1.82) is 0 Å². The van der Waals surface area contributed by atoms with E-state index < -0.39 is 11.5 Å². The molecule has 5 rings (SSSR count). The molecule has 186 valence electrons. The fourth-order valence-electron chi connectivity index (χ4n) is 3.73. The first-order chi connectivity index (χ1) is 17.9. The average molecular weight is 536 g/mol. The Morgan fingerprint density at radius 2 is 1.86 bits per heavy atom. The van der Waals surface area contributed by atoms with E-state index in [1.54, 1.807) is 73.7 Å². The lowest BCUT2D eigenvalue weighted by atomic mass is 10.2. The molecule has 2 aromatic heterocycles.